The highest BCUT2D eigenvalue weighted by molar-refractivity contribution is 8.03. The Labute approximate surface area is 115 Å². The standard InChI is InChI=1S/C13H18N2S.C2H6/c1-9(2)11(4)16-13-7-12(8-15-14)6-5-10(13)3;1-2/h5-9H,4,14H2,1-3H3;1-2H3/b15-8+;. The van der Waals surface area contributed by atoms with Crippen LogP contribution in [0.15, 0.2) is 39.7 Å². The molecule has 0 saturated carbocycles. The van der Waals surface area contributed by atoms with Gasteiger partial charge in [0.25, 0.3) is 0 Å². The van der Waals surface area contributed by atoms with Gasteiger partial charge in [-0.2, -0.15) is 5.10 Å². The van der Waals surface area contributed by atoms with Crippen LogP contribution in [0.2, 0.25) is 0 Å². The molecule has 100 valence electrons. The molecule has 0 atom stereocenters. The van der Waals surface area contributed by atoms with E-state index in [1.165, 1.54) is 15.4 Å². The van der Waals surface area contributed by atoms with E-state index >= 15 is 0 Å². The van der Waals surface area contributed by atoms with Crippen LogP contribution < -0.4 is 5.84 Å². The third kappa shape index (κ3) is 5.41. The molecule has 1 aromatic carbocycles. The van der Waals surface area contributed by atoms with Crippen molar-refractivity contribution in [2.75, 3.05) is 0 Å². The van der Waals surface area contributed by atoms with Crippen LogP contribution >= 0.6 is 11.8 Å². The van der Waals surface area contributed by atoms with Gasteiger partial charge in [-0.15, -0.1) is 0 Å². The number of hydrogen-bond acceptors (Lipinski definition) is 3. The van der Waals surface area contributed by atoms with Crippen molar-refractivity contribution in [1.29, 1.82) is 0 Å². The van der Waals surface area contributed by atoms with Gasteiger partial charge in [0, 0.05) is 4.90 Å². The molecule has 0 heterocycles. The molecule has 0 fully saturated rings. The van der Waals surface area contributed by atoms with E-state index in [-0.39, 0.29) is 0 Å². The molecule has 0 bridgehead atoms. The first kappa shape index (κ1) is 16.8. The second kappa shape index (κ2) is 8.81. The molecule has 0 saturated heterocycles. The minimum Gasteiger partial charge on any atom is -0.323 e. The molecule has 0 radical (unpaired) electrons. The number of thioether (sulfide) groups is 1. The Balaban J connectivity index is 0.00000137. The molecular weight excluding hydrogens is 240 g/mol. The van der Waals surface area contributed by atoms with E-state index in [1.807, 2.05) is 19.9 Å². The Morgan fingerprint density at radius 2 is 2.00 bits per heavy atom. The number of hydrazone groups is 1. The molecule has 0 aliphatic heterocycles. The molecule has 0 amide bonds. The topological polar surface area (TPSA) is 38.4 Å². The largest absolute Gasteiger partial charge is 0.323 e. The summed E-state index contributed by atoms with van der Waals surface area (Å²) in [4.78, 5) is 2.39. The van der Waals surface area contributed by atoms with Gasteiger partial charge in [0.2, 0.25) is 0 Å². The summed E-state index contributed by atoms with van der Waals surface area (Å²) in [5.41, 5.74) is 2.27. The summed E-state index contributed by atoms with van der Waals surface area (Å²) >= 11 is 1.72. The Bertz CT molecular complexity index is 409. The number of hydrogen-bond donors (Lipinski definition) is 1. The van der Waals surface area contributed by atoms with Gasteiger partial charge in [0.15, 0.2) is 0 Å². The molecule has 0 unspecified atom stereocenters. The van der Waals surface area contributed by atoms with E-state index in [9.17, 15) is 0 Å². The second-order valence-corrected chi connectivity index (χ2v) is 5.19. The minimum absolute atomic E-state index is 0.483. The lowest BCUT2D eigenvalue weighted by Crippen LogP contribution is -1.91. The fraction of sp³-hybridized carbons (Fsp3) is 0.400. The molecule has 1 rings (SSSR count). The maximum Gasteiger partial charge on any atom is 0.0538 e. The first-order valence-electron chi connectivity index (χ1n) is 6.25. The van der Waals surface area contributed by atoms with Crippen LogP contribution in [0.4, 0.5) is 0 Å². The number of nitrogens with zero attached hydrogens (tertiary/aromatic N) is 1. The molecular formula is C15H24N2S. The first-order chi connectivity index (χ1) is 8.54. The minimum atomic E-state index is 0.483. The Hall–Kier alpha value is -1.22. The predicted molar refractivity (Wildman–Crippen MR) is 84.1 cm³/mol. The fourth-order valence-electron chi connectivity index (χ4n) is 1.15. The van der Waals surface area contributed by atoms with E-state index in [4.69, 9.17) is 5.84 Å². The van der Waals surface area contributed by atoms with Crippen molar-refractivity contribution in [3.05, 3.63) is 40.8 Å². The summed E-state index contributed by atoms with van der Waals surface area (Å²) in [6.45, 7) is 14.5. The summed E-state index contributed by atoms with van der Waals surface area (Å²) in [7, 11) is 0. The quantitative estimate of drug-likeness (QED) is 0.374. The normalized spacial score (nSPS) is 10.3. The smallest absolute Gasteiger partial charge is 0.0538 e. The maximum atomic E-state index is 5.14. The zero-order valence-corrected chi connectivity index (χ0v) is 12.8. The lowest BCUT2D eigenvalue weighted by Gasteiger charge is -2.11. The summed E-state index contributed by atoms with van der Waals surface area (Å²) in [5.74, 6) is 5.63. The van der Waals surface area contributed by atoms with Crippen LogP contribution in [0.5, 0.6) is 0 Å². The third-order valence-corrected chi connectivity index (χ3v) is 3.71. The highest BCUT2D eigenvalue weighted by atomic mass is 32.2. The van der Waals surface area contributed by atoms with Crippen molar-refractivity contribution in [3.63, 3.8) is 0 Å². The maximum absolute atomic E-state index is 5.14. The second-order valence-electron chi connectivity index (χ2n) is 4.03. The zero-order valence-electron chi connectivity index (χ0n) is 12.0. The fourth-order valence-corrected chi connectivity index (χ4v) is 2.09. The van der Waals surface area contributed by atoms with E-state index in [1.54, 1.807) is 18.0 Å². The van der Waals surface area contributed by atoms with Crippen LogP contribution in [0.3, 0.4) is 0 Å². The average molecular weight is 264 g/mol. The lowest BCUT2D eigenvalue weighted by atomic mass is 10.2. The molecule has 2 nitrogen and oxygen atoms in total. The van der Waals surface area contributed by atoms with Gasteiger partial charge in [0.1, 0.15) is 0 Å². The van der Waals surface area contributed by atoms with Crippen LogP contribution in [-0.4, -0.2) is 6.21 Å². The summed E-state index contributed by atoms with van der Waals surface area (Å²) < 4.78 is 0. The van der Waals surface area contributed by atoms with Crippen molar-refractivity contribution < 1.29 is 0 Å². The summed E-state index contributed by atoms with van der Waals surface area (Å²) in [5, 5.41) is 3.53. The third-order valence-electron chi connectivity index (χ3n) is 2.32. The van der Waals surface area contributed by atoms with Crippen molar-refractivity contribution in [2.45, 2.75) is 39.5 Å². The van der Waals surface area contributed by atoms with Gasteiger partial charge in [-0.1, -0.05) is 58.2 Å². The van der Waals surface area contributed by atoms with E-state index in [2.05, 4.69) is 44.6 Å². The van der Waals surface area contributed by atoms with Gasteiger partial charge in [-0.05, 0) is 34.9 Å². The lowest BCUT2D eigenvalue weighted by molar-refractivity contribution is 0.819. The van der Waals surface area contributed by atoms with Crippen molar-refractivity contribution in [2.24, 2.45) is 16.9 Å². The first-order valence-corrected chi connectivity index (χ1v) is 7.06. The van der Waals surface area contributed by atoms with Crippen molar-refractivity contribution >= 4 is 18.0 Å². The Kier molecular flexibility index (Phi) is 8.21. The highest BCUT2D eigenvalue weighted by Gasteiger charge is 2.06. The summed E-state index contributed by atoms with van der Waals surface area (Å²) in [6.07, 6.45) is 1.65. The zero-order chi connectivity index (χ0) is 14.1. The number of nitrogens with two attached hydrogens (primary N) is 1. The van der Waals surface area contributed by atoms with Gasteiger partial charge in [-0.25, -0.2) is 0 Å². The molecule has 3 heteroatoms. The van der Waals surface area contributed by atoms with Crippen LogP contribution in [0.1, 0.15) is 38.8 Å². The number of rotatable bonds is 4. The van der Waals surface area contributed by atoms with Crippen molar-refractivity contribution in [1.82, 2.24) is 0 Å². The van der Waals surface area contributed by atoms with E-state index in [0.29, 0.717) is 5.92 Å². The molecule has 2 N–H and O–H groups in total. The van der Waals surface area contributed by atoms with Crippen LogP contribution in [0, 0.1) is 12.8 Å². The van der Waals surface area contributed by atoms with E-state index in [0.717, 1.165) is 5.56 Å². The SMILES string of the molecule is C=C(Sc1cc(/C=N/N)ccc1C)C(C)C.CC. The number of aryl methyl sites for hydroxylation is 1. The van der Waals surface area contributed by atoms with Gasteiger partial charge < -0.3 is 5.84 Å². The van der Waals surface area contributed by atoms with Crippen LogP contribution in [0.25, 0.3) is 0 Å². The molecule has 1 aromatic rings. The van der Waals surface area contributed by atoms with Gasteiger partial charge in [-0.3, -0.25) is 0 Å². The molecule has 0 aliphatic carbocycles. The summed E-state index contributed by atoms with van der Waals surface area (Å²) in [6, 6.07) is 6.17. The van der Waals surface area contributed by atoms with Crippen LogP contribution in [-0.2, 0) is 0 Å². The monoisotopic (exact) mass is 264 g/mol. The van der Waals surface area contributed by atoms with Crippen molar-refractivity contribution in [3.8, 4) is 0 Å². The molecule has 0 spiro atoms. The molecule has 0 aliphatic rings. The number of allylic oxidation sites excluding steroid dienone is 1. The predicted octanol–water partition coefficient (Wildman–Crippen LogP) is 4.58. The average Bonchev–Trinajstić information content (AvgIpc) is 2.36. The van der Waals surface area contributed by atoms with E-state index < -0.39 is 0 Å². The number of benzene rings is 1. The van der Waals surface area contributed by atoms with Gasteiger partial charge in [0.05, 0.1) is 6.21 Å². The Morgan fingerprint density at radius 3 is 2.50 bits per heavy atom. The highest BCUT2D eigenvalue weighted by Crippen LogP contribution is 2.32. The Morgan fingerprint density at radius 1 is 1.39 bits per heavy atom. The van der Waals surface area contributed by atoms with Gasteiger partial charge >= 0.3 is 0 Å². The molecule has 18 heavy (non-hydrogen) atoms. The molecule has 0 aromatic heterocycles.